The van der Waals surface area contributed by atoms with E-state index in [1.807, 2.05) is 0 Å². The minimum atomic E-state index is -5.10. The van der Waals surface area contributed by atoms with E-state index < -0.39 is 41.1 Å². The average Bonchev–Trinajstić information content (AvgIpc) is 3.15. The fourth-order valence-electron chi connectivity index (χ4n) is 3.63. The second-order valence-corrected chi connectivity index (χ2v) is 7.40. The maximum atomic E-state index is 13.2. The number of carbonyl (C=O) groups is 1. The molecule has 1 saturated heterocycles. The molecule has 3 heterocycles. The minimum Gasteiger partial charge on any atom is -0.403 e. The number of aromatic nitrogens is 3. The molecule has 13 heteroatoms. The van der Waals surface area contributed by atoms with Gasteiger partial charge in [-0.2, -0.15) is 18.3 Å². The van der Waals surface area contributed by atoms with Crippen molar-refractivity contribution in [3.63, 3.8) is 0 Å². The standard InChI is InChI=1S/C20H17F6N5O2/c21-19(22,23)13-2-1-5-28-17(13)18(32)29-15-8-11-10-31(12-3-6-27-7-4-12)30-14(11)9-16(15)33-20(24,25)26/h1-2,5,8-10,12,27H,3-4,6-7H2,(H,29,32). The highest BCUT2D eigenvalue weighted by atomic mass is 19.4. The molecule has 0 radical (unpaired) electrons. The minimum absolute atomic E-state index is 0.0338. The lowest BCUT2D eigenvalue weighted by molar-refractivity contribution is -0.274. The van der Waals surface area contributed by atoms with Gasteiger partial charge >= 0.3 is 12.5 Å². The zero-order valence-corrected chi connectivity index (χ0v) is 16.8. The molecular formula is C20H17F6N5O2. The second-order valence-electron chi connectivity index (χ2n) is 7.40. The van der Waals surface area contributed by atoms with E-state index in [9.17, 15) is 31.1 Å². The van der Waals surface area contributed by atoms with Gasteiger partial charge in [0.05, 0.1) is 22.8 Å². The third-order valence-electron chi connectivity index (χ3n) is 5.11. The fraction of sp³-hybridized carbons (Fsp3) is 0.350. The van der Waals surface area contributed by atoms with Crippen LogP contribution < -0.4 is 15.4 Å². The average molecular weight is 473 g/mol. The molecule has 1 aromatic carbocycles. The van der Waals surface area contributed by atoms with Gasteiger partial charge in [0.1, 0.15) is 5.69 Å². The summed E-state index contributed by atoms with van der Waals surface area (Å²) >= 11 is 0. The fourth-order valence-corrected chi connectivity index (χ4v) is 3.63. The Morgan fingerprint density at radius 1 is 1.15 bits per heavy atom. The summed E-state index contributed by atoms with van der Waals surface area (Å²) in [5, 5.41) is 9.97. The molecule has 33 heavy (non-hydrogen) atoms. The molecule has 7 nitrogen and oxygen atoms in total. The topological polar surface area (TPSA) is 81.1 Å². The summed E-state index contributed by atoms with van der Waals surface area (Å²) in [4.78, 5) is 16.0. The molecule has 2 N–H and O–H groups in total. The lowest BCUT2D eigenvalue weighted by atomic mass is 10.1. The van der Waals surface area contributed by atoms with Crippen molar-refractivity contribution in [2.45, 2.75) is 31.4 Å². The quantitative estimate of drug-likeness (QED) is 0.545. The number of hydrogen-bond donors (Lipinski definition) is 2. The Hall–Kier alpha value is -3.35. The van der Waals surface area contributed by atoms with Crippen LogP contribution in [-0.2, 0) is 6.18 Å². The lowest BCUT2D eigenvalue weighted by Crippen LogP contribution is -2.29. The summed E-state index contributed by atoms with van der Waals surface area (Å²) in [5.74, 6) is -2.14. The lowest BCUT2D eigenvalue weighted by Gasteiger charge is -2.22. The SMILES string of the molecule is O=C(Nc1cc2cn(C3CCNCC3)nc2cc1OC(F)(F)F)c1ncccc1C(F)(F)F. The van der Waals surface area contributed by atoms with Crippen LogP contribution in [0.15, 0.2) is 36.7 Å². The van der Waals surface area contributed by atoms with E-state index >= 15 is 0 Å². The first-order valence-electron chi connectivity index (χ1n) is 9.84. The van der Waals surface area contributed by atoms with E-state index in [2.05, 4.69) is 25.5 Å². The molecule has 1 amide bonds. The third-order valence-corrected chi connectivity index (χ3v) is 5.11. The number of hydrogen-bond acceptors (Lipinski definition) is 5. The highest BCUT2D eigenvalue weighted by Crippen LogP contribution is 2.36. The van der Waals surface area contributed by atoms with Crippen molar-refractivity contribution < 1.29 is 35.9 Å². The Morgan fingerprint density at radius 3 is 2.55 bits per heavy atom. The maximum Gasteiger partial charge on any atom is 0.573 e. The van der Waals surface area contributed by atoms with Crippen molar-refractivity contribution >= 4 is 22.5 Å². The van der Waals surface area contributed by atoms with E-state index in [1.165, 1.54) is 6.07 Å². The molecule has 176 valence electrons. The van der Waals surface area contributed by atoms with Crippen LogP contribution in [0.1, 0.15) is 34.9 Å². The number of amides is 1. The van der Waals surface area contributed by atoms with Gasteiger partial charge in [-0.05, 0) is 44.1 Å². The largest absolute Gasteiger partial charge is 0.573 e. The molecule has 0 atom stereocenters. The van der Waals surface area contributed by atoms with Crippen molar-refractivity contribution in [3.8, 4) is 5.75 Å². The van der Waals surface area contributed by atoms with Gasteiger partial charge in [0.15, 0.2) is 5.75 Å². The molecule has 0 saturated carbocycles. The summed E-state index contributed by atoms with van der Waals surface area (Å²) in [5.41, 5.74) is -2.58. The van der Waals surface area contributed by atoms with Crippen molar-refractivity contribution in [1.82, 2.24) is 20.1 Å². The number of rotatable bonds is 4. The number of pyridine rings is 1. The predicted molar refractivity (Wildman–Crippen MR) is 105 cm³/mol. The van der Waals surface area contributed by atoms with Gasteiger partial charge in [-0.3, -0.25) is 14.5 Å². The summed E-state index contributed by atoms with van der Waals surface area (Å²) in [6, 6.07) is 3.85. The molecule has 1 aliphatic rings. The molecule has 2 aromatic heterocycles. The highest BCUT2D eigenvalue weighted by Gasteiger charge is 2.37. The Morgan fingerprint density at radius 2 is 1.88 bits per heavy atom. The molecule has 0 bridgehead atoms. The van der Waals surface area contributed by atoms with Crippen molar-refractivity contribution in [2.75, 3.05) is 18.4 Å². The summed E-state index contributed by atoms with van der Waals surface area (Å²) in [7, 11) is 0. The molecule has 3 aromatic rings. The van der Waals surface area contributed by atoms with Crippen LogP contribution in [0.3, 0.4) is 0 Å². The number of nitrogens with zero attached hydrogens (tertiary/aromatic N) is 3. The first kappa shape index (κ1) is 22.8. The van der Waals surface area contributed by atoms with Gasteiger partial charge in [-0.1, -0.05) is 0 Å². The van der Waals surface area contributed by atoms with Gasteiger partial charge in [-0.25, -0.2) is 0 Å². The Kier molecular flexibility index (Phi) is 5.91. The van der Waals surface area contributed by atoms with E-state index in [4.69, 9.17) is 0 Å². The van der Waals surface area contributed by atoms with Gasteiger partial charge in [0, 0.05) is 23.8 Å². The number of ether oxygens (including phenoxy) is 1. The number of benzene rings is 1. The number of alkyl halides is 6. The zero-order valence-electron chi connectivity index (χ0n) is 16.8. The normalized spacial score (nSPS) is 15.6. The van der Waals surface area contributed by atoms with Crippen molar-refractivity contribution in [1.29, 1.82) is 0 Å². The van der Waals surface area contributed by atoms with Crippen LogP contribution >= 0.6 is 0 Å². The summed E-state index contributed by atoms with van der Waals surface area (Å²) in [6.07, 6.45) is -5.87. The number of halogens is 6. The van der Waals surface area contributed by atoms with Crippen LogP contribution in [0, 0.1) is 0 Å². The van der Waals surface area contributed by atoms with Crippen LogP contribution in [-0.4, -0.2) is 40.1 Å². The Labute approximate surface area is 182 Å². The van der Waals surface area contributed by atoms with Crippen LogP contribution in [0.4, 0.5) is 32.0 Å². The second kappa shape index (κ2) is 8.54. The van der Waals surface area contributed by atoms with Gasteiger partial charge in [0.2, 0.25) is 0 Å². The number of anilines is 1. The van der Waals surface area contributed by atoms with Crippen molar-refractivity contribution in [2.24, 2.45) is 0 Å². The third kappa shape index (κ3) is 5.18. The number of carbonyl (C=O) groups excluding carboxylic acids is 1. The smallest absolute Gasteiger partial charge is 0.403 e. The van der Waals surface area contributed by atoms with Gasteiger partial charge in [-0.15, -0.1) is 13.2 Å². The van der Waals surface area contributed by atoms with Gasteiger partial charge in [0.25, 0.3) is 5.91 Å². The van der Waals surface area contributed by atoms with E-state index in [-0.39, 0.29) is 11.6 Å². The monoisotopic (exact) mass is 473 g/mol. The van der Waals surface area contributed by atoms with Crippen LogP contribution in [0.5, 0.6) is 5.75 Å². The Balaban J connectivity index is 1.72. The molecule has 0 aliphatic carbocycles. The Bertz CT molecular complexity index is 1170. The number of piperidine rings is 1. The summed E-state index contributed by atoms with van der Waals surface area (Å²) < 4.78 is 84.2. The molecule has 0 spiro atoms. The van der Waals surface area contributed by atoms with E-state index in [1.54, 1.807) is 10.9 Å². The predicted octanol–water partition coefficient (Wildman–Crippen LogP) is 4.53. The molecule has 4 rings (SSSR count). The first-order valence-corrected chi connectivity index (χ1v) is 9.84. The molecule has 1 fully saturated rings. The summed E-state index contributed by atoms with van der Waals surface area (Å²) in [6.45, 7) is 1.52. The molecule has 1 aliphatic heterocycles. The molecular weight excluding hydrogens is 456 g/mol. The van der Waals surface area contributed by atoms with Crippen LogP contribution in [0.2, 0.25) is 0 Å². The zero-order chi connectivity index (χ0) is 23.8. The van der Waals surface area contributed by atoms with Gasteiger partial charge < -0.3 is 15.4 Å². The van der Waals surface area contributed by atoms with Crippen LogP contribution in [0.25, 0.3) is 10.9 Å². The van der Waals surface area contributed by atoms with Crippen molar-refractivity contribution in [3.05, 3.63) is 47.9 Å². The first-order chi connectivity index (χ1) is 15.5. The maximum absolute atomic E-state index is 13.2. The number of fused-ring (bicyclic) bond motifs is 1. The van der Waals surface area contributed by atoms with E-state index in [0.29, 0.717) is 11.5 Å². The number of nitrogens with one attached hydrogen (secondary N) is 2. The van der Waals surface area contributed by atoms with E-state index in [0.717, 1.165) is 44.3 Å². The molecule has 0 unspecified atom stereocenters. The highest BCUT2D eigenvalue weighted by molar-refractivity contribution is 6.06.